The maximum absolute atomic E-state index is 8.07. The summed E-state index contributed by atoms with van der Waals surface area (Å²) in [6.07, 6.45) is 2.04. The van der Waals surface area contributed by atoms with Crippen molar-refractivity contribution in [2.24, 2.45) is 0 Å². The molecule has 0 aliphatic heterocycles. The summed E-state index contributed by atoms with van der Waals surface area (Å²) in [6, 6.07) is 0. The first-order chi connectivity index (χ1) is 2.41. The van der Waals surface area contributed by atoms with Crippen molar-refractivity contribution in [1.29, 1.82) is 0 Å². The molecule has 0 atom stereocenters. The van der Waals surface area contributed by atoms with Crippen molar-refractivity contribution in [3.63, 3.8) is 0 Å². The fourth-order valence-corrected chi connectivity index (χ4v) is 0.158. The third-order valence-corrected chi connectivity index (χ3v) is 0.512. The number of unbranched alkanes of at least 4 members (excludes halogenated alkanes) is 1. The summed E-state index contributed by atoms with van der Waals surface area (Å²) in [4.78, 5) is 0. The molecule has 0 aromatic carbocycles. The van der Waals surface area contributed by atoms with Crippen molar-refractivity contribution in [2.45, 2.75) is 19.8 Å². The van der Waals surface area contributed by atoms with Gasteiger partial charge >= 0.3 is 0 Å². The smallest absolute Gasteiger partial charge is 0.0430 e. The molecule has 0 saturated heterocycles. The standard InChI is InChI=1S/C4H10O.Ru.Ti/c1-2-3-4-5;;/h5H,2-4H2,1H3;;. The fourth-order valence-electron chi connectivity index (χ4n) is 0.158. The minimum atomic E-state index is 0. The molecule has 0 spiro atoms. The van der Waals surface area contributed by atoms with Crippen molar-refractivity contribution in [3.05, 3.63) is 0 Å². The van der Waals surface area contributed by atoms with Crippen molar-refractivity contribution in [1.82, 2.24) is 0 Å². The van der Waals surface area contributed by atoms with Gasteiger partial charge in [-0.1, -0.05) is 13.3 Å². The molecule has 44 valence electrons. The number of hydrogen-bond donors (Lipinski definition) is 1. The van der Waals surface area contributed by atoms with E-state index in [1.165, 1.54) is 0 Å². The fraction of sp³-hybridized carbons (Fsp3) is 1.00. The van der Waals surface area contributed by atoms with Gasteiger partial charge in [0, 0.05) is 47.8 Å². The first kappa shape index (κ1) is 15.7. The zero-order valence-corrected chi connectivity index (χ0v) is 7.72. The molecule has 3 heteroatoms. The molecule has 0 aromatic rings. The first-order valence-corrected chi connectivity index (χ1v) is 2.02. The molecule has 0 bridgehead atoms. The Hall–Kier alpha value is 1.30. The Bertz CT molecular complexity index is 19.2. The van der Waals surface area contributed by atoms with Crippen LogP contribution in [0.1, 0.15) is 19.8 Å². The zero-order valence-electron chi connectivity index (χ0n) is 4.42. The van der Waals surface area contributed by atoms with Gasteiger partial charge < -0.3 is 5.11 Å². The van der Waals surface area contributed by atoms with Crippen LogP contribution in [0.5, 0.6) is 0 Å². The van der Waals surface area contributed by atoms with Crippen LogP contribution in [0.25, 0.3) is 0 Å². The Labute approximate surface area is 72.5 Å². The first-order valence-electron chi connectivity index (χ1n) is 2.02. The van der Waals surface area contributed by atoms with Crippen LogP contribution >= 0.6 is 0 Å². The van der Waals surface area contributed by atoms with E-state index in [-0.39, 0.29) is 41.2 Å². The summed E-state index contributed by atoms with van der Waals surface area (Å²) in [6.45, 7) is 2.40. The van der Waals surface area contributed by atoms with E-state index in [9.17, 15) is 0 Å². The van der Waals surface area contributed by atoms with Gasteiger partial charge in [-0.25, -0.2) is 0 Å². The molecule has 0 amide bonds. The van der Waals surface area contributed by atoms with Crippen LogP contribution in [0.3, 0.4) is 0 Å². The van der Waals surface area contributed by atoms with Crippen LogP contribution in [-0.2, 0) is 41.2 Å². The SMILES string of the molecule is CCCCO.[Ru].[Ti]. The van der Waals surface area contributed by atoms with Crippen LogP contribution < -0.4 is 0 Å². The van der Waals surface area contributed by atoms with Crippen LogP contribution in [0.2, 0.25) is 0 Å². The van der Waals surface area contributed by atoms with E-state index >= 15 is 0 Å². The largest absolute Gasteiger partial charge is 0.396 e. The summed E-state index contributed by atoms with van der Waals surface area (Å²) in [5.74, 6) is 0. The van der Waals surface area contributed by atoms with Gasteiger partial charge in [0.05, 0.1) is 0 Å². The van der Waals surface area contributed by atoms with Crippen LogP contribution in [0.15, 0.2) is 0 Å². The van der Waals surface area contributed by atoms with Gasteiger partial charge in [0.1, 0.15) is 0 Å². The van der Waals surface area contributed by atoms with E-state index in [1.807, 2.05) is 0 Å². The van der Waals surface area contributed by atoms with Gasteiger partial charge in [0.2, 0.25) is 0 Å². The maximum atomic E-state index is 8.07. The molecule has 1 N–H and O–H groups in total. The third-order valence-electron chi connectivity index (χ3n) is 0.512. The second-order valence-electron chi connectivity index (χ2n) is 1.08. The van der Waals surface area contributed by atoms with E-state index in [1.54, 1.807) is 0 Å². The second-order valence-corrected chi connectivity index (χ2v) is 1.08. The van der Waals surface area contributed by atoms with Gasteiger partial charge in [-0.2, -0.15) is 0 Å². The number of hydrogen-bond acceptors (Lipinski definition) is 1. The maximum Gasteiger partial charge on any atom is 0.0430 e. The minimum absolute atomic E-state index is 0. The number of rotatable bonds is 2. The average Bonchev–Trinajstić information content (AvgIpc) is 1.41. The van der Waals surface area contributed by atoms with Crippen molar-refractivity contribution < 1.29 is 46.3 Å². The predicted molar refractivity (Wildman–Crippen MR) is 22.0 cm³/mol. The van der Waals surface area contributed by atoms with E-state index in [0.717, 1.165) is 12.8 Å². The van der Waals surface area contributed by atoms with Crippen LogP contribution in [0, 0.1) is 0 Å². The quantitative estimate of drug-likeness (QED) is 0.685. The number of aliphatic hydroxyl groups is 1. The van der Waals surface area contributed by atoms with Crippen molar-refractivity contribution in [2.75, 3.05) is 6.61 Å². The molecule has 0 radical (unpaired) electrons. The third kappa shape index (κ3) is 18.8. The molecule has 0 aliphatic rings. The summed E-state index contributed by atoms with van der Waals surface area (Å²) in [5, 5.41) is 8.07. The van der Waals surface area contributed by atoms with E-state index < -0.39 is 0 Å². The Morgan fingerprint density at radius 1 is 1.43 bits per heavy atom. The van der Waals surface area contributed by atoms with Crippen molar-refractivity contribution in [3.8, 4) is 0 Å². The molecule has 0 fully saturated rings. The Morgan fingerprint density at radius 2 is 1.86 bits per heavy atom. The van der Waals surface area contributed by atoms with Gasteiger partial charge in [-0.15, -0.1) is 0 Å². The van der Waals surface area contributed by atoms with Crippen LogP contribution in [0.4, 0.5) is 0 Å². The molecule has 7 heavy (non-hydrogen) atoms. The predicted octanol–water partition coefficient (Wildman–Crippen LogP) is 0.774. The molecule has 0 aliphatic carbocycles. The molecule has 0 heterocycles. The molecular weight excluding hydrogens is 213 g/mol. The number of aliphatic hydroxyl groups excluding tert-OH is 1. The second kappa shape index (κ2) is 15.7. The van der Waals surface area contributed by atoms with Crippen molar-refractivity contribution >= 4 is 0 Å². The summed E-state index contributed by atoms with van der Waals surface area (Å²) in [7, 11) is 0. The Morgan fingerprint density at radius 3 is 1.86 bits per heavy atom. The Balaban J connectivity index is -0.0000000800. The van der Waals surface area contributed by atoms with Gasteiger partial charge in [-0.3, -0.25) is 0 Å². The van der Waals surface area contributed by atoms with E-state index in [2.05, 4.69) is 6.92 Å². The molecular formula is C4H10ORuTi. The zero-order chi connectivity index (χ0) is 4.12. The minimum Gasteiger partial charge on any atom is -0.396 e. The van der Waals surface area contributed by atoms with Gasteiger partial charge in [-0.05, 0) is 6.42 Å². The van der Waals surface area contributed by atoms with Crippen LogP contribution in [-0.4, -0.2) is 11.7 Å². The topological polar surface area (TPSA) is 20.2 Å². The summed E-state index contributed by atoms with van der Waals surface area (Å²) >= 11 is 0. The summed E-state index contributed by atoms with van der Waals surface area (Å²) in [5.41, 5.74) is 0. The molecule has 0 unspecified atom stereocenters. The average molecular weight is 223 g/mol. The molecule has 0 saturated carbocycles. The molecule has 0 rings (SSSR count). The van der Waals surface area contributed by atoms with Gasteiger partial charge in [0.25, 0.3) is 0 Å². The summed E-state index contributed by atoms with van der Waals surface area (Å²) < 4.78 is 0. The van der Waals surface area contributed by atoms with E-state index in [0.29, 0.717) is 6.61 Å². The van der Waals surface area contributed by atoms with Gasteiger partial charge in [0.15, 0.2) is 0 Å². The normalized spacial score (nSPS) is 6.00. The monoisotopic (exact) mass is 224 g/mol. The molecule has 0 aromatic heterocycles. The van der Waals surface area contributed by atoms with E-state index in [4.69, 9.17) is 5.11 Å². The Kier molecular flexibility index (Phi) is 35.2. The molecule has 1 nitrogen and oxygen atoms in total.